The van der Waals surface area contributed by atoms with Crippen molar-refractivity contribution >= 4 is 40.7 Å². The zero-order valence-electron chi connectivity index (χ0n) is 25.2. The van der Waals surface area contributed by atoms with Crippen LogP contribution in [0.1, 0.15) is 70.7 Å². The summed E-state index contributed by atoms with van der Waals surface area (Å²) in [7, 11) is 0. The number of ether oxygens (including phenoxy) is 2. The summed E-state index contributed by atoms with van der Waals surface area (Å²) in [6, 6.07) is 7.19. The highest BCUT2D eigenvalue weighted by Gasteiger charge is 2.40. The number of benzene rings is 1. The van der Waals surface area contributed by atoms with Crippen LogP contribution in [0.2, 0.25) is 0 Å². The summed E-state index contributed by atoms with van der Waals surface area (Å²) >= 11 is 0. The summed E-state index contributed by atoms with van der Waals surface area (Å²) in [4.78, 5) is 58.5. The Kier molecular flexibility index (Phi) is 9.12. The lowest BCUT2D eigenvalue weighted by atomic mass is 9.78. The molecule has 3 N–H and O–H groups in total. The van der Waals surface area contributed by atoms with Gasteiger partial charge in [-0.3, -0.25) is 24.2 Å². The first kappa shape index (κ1) is 30.6. The van der Waals surface area contributed by atoms with Gasteiger partial charge >= 0.3 is 5.97 Å². The Balaban J connectivity index is 1.53. The molecule has 43 heavy (non-hydrogen) atoms. The van der Waals surface area contributed by atoms with Gasteiger partial charge in [0.05, 0.1) is 16.6 Å². The fraction of sp³-hybridized carbons (Fsp3) is 0.531. The summed E-state index contributed by atoms with van der Waals surface area (Å²) in [5.41, 5.74) is 4.32. The zero-order chi connectivity index (χ0) is 30.7. The molecule has 4 atom stereocenters. The third-order valence-electron chi connectivity index (χ3n) is 8.58. The van der Waals surface area contributed by atoms with E-state index in [1.807, 2.05) is 56.3 Å². The number of cyclic esters (lactones) is 1. The van der Waals surface area contributed by atoms with Crippen LogP contribution in [0.5, 0.6) is 0 Å². The molecule has 11 heteroatoms. The normalized spacial score (nSPS) is 28.0. The highest BCUT2D eigenvalue weighted by molar-refractivity contribution is 5.94. The minimum absolute atomic E-state index is 0.233. The topological polar surface area (TPSA) is 139 Å². The Morgan fingerprint density at radius 1 is 1.02 bits per heavy atom. The van der Waals surface area contributed by atoms with Gasteiger partial charge in [0, 0.05) is 25.1 Å². The van der Waals surface area contributed by atoms with Crippen molar-refractivity contribution in [2.75, 3.05) is 19.8 Å². The molecule has 3 aliphatic heterocycles. The molecule has 2 aromatic rings. The van der Waals surface area contributed by atoms with Crippen molar-refractivity contribution < 1.29 is 28.7 Å². The van der Waals surface area contributed by atoms with Gasteiger partial charge < -0.3 is 20.1 Å². The maximum atomic E-state index is 13.9. The lowest BCUT2D eigenvalue weighted by Gasteiger charge is -2.36. The summed E-state index contributed by atoms with van der Waals surface area (Å²) < 4.78 is 11.4. The minimum Gasteiger partial charge on any atom is -0.455 e. The van der Waals surface area contributed by atoms with Crippen LogP contribution in [-0.4, -0.2) is 71.6 Å². The van der Waals surface area contributed by atoms with E-state index >= 15 is 0 Å². The number of aromatic nitrogens is 1. The molecule has 4 heterocycles. The molecule has 2 saturated heterocycles. The van der Waals surface area contributed by atoms with Crippen LogP contribution in [0.4, 0.5) is 0 Å². The standard InChI is InChI=1S/C32H41N5O6/c1-19(2)27-28(38)33-20(3)29(39)37-15-5-6-25(36-37)30(40)43-21(4)24-10-9-23-8-7-22(18-26(23)34-24)11-12-32(31(41)35-27)13-16-42-17-14-32/h7-12,18-21,25,27,36H,5-6,13-17H2,1-4H3,(H,33,38)(H,35,41)/b12-11+/t20-,21+,25-,27-/m0/s1. The predicted molar refractivity (Wildman–Crippen MR) is 160 cm³/mol. The van der Waals surface area contributed by atoms with Gasteiger partial charge in [-0.2, -0.15) is 0 Å². The van der Waals surface area contributed by atoms with Crippen molar-refractivity contribution in [1.29, 1.82) is 0 Å². The predicted octanol–water partition coefficient (Wildman–Crippen LogP) is 2.80. The summed E-state index contributed by atoms with van der Waals surface area (Å²) in [6.45, 7) is 8.30. The van der Waals surface area contributed by atoms with Gasteiger partial charge in [0.25, 0.3) is 5.91 Å². The fourth-order valence-corrected chi connectivity index (χ4v) is 5.79. The largest absolute Gasteiger partial charge is 0.455 e. The van der Waals surface area contributed by atoms with E-state index < -0.39 is 41.5 Å². The Morgan fingerprint density at radius 2 is 1.77 bits per heavy atom. The fourth-order valence-electron chi connectivity index (χ4n) is 5.79. The van der Waals surface area contributed by atoms with E-state index in [2.05, 4.69) is 16.1 Å². The van der Waals surface area contributed by atoms with Crippen LogP contribution < -0.4 is 16.1 Å². The molecule has 0 saturated carbocycles. The molecular weight excluding hydrogens is 550 g/mol. The van der Waals surface area contributed by atoms with E-state index in [1.54, 1.807) is 13.8 Å². The Morgan fingerprint density at radius 3 is 2.51 bits per heavy atom. The lowest BCUT2D eigenvalue weighted by Crippen LogP contribution is -2.61. The number of hydrazine groups is 1. The average molecular weight is 592 g/mol. The molecule has 3 aliphatic rings. The number of hydrogen-bond acceptors (Lipinski definition) is 8. The maximum absolute atomic E-state index is 13.9. The Bertz CT molecular complexity index is 1420. The highest BCUT2D eigenvalue weighted by atomic mass is 16.5. The molecule has 2 fully saturated rings. The van der Waals surface area contributed by atoms with Crippen LogP contribution in [0.15, 0.2) is 36.4 Å². The first-order valence-electron chi connectivity index (χ1n) is 15.1. The number of nitrogens with zero attached hydrogens (tertiary/aromatic N) is 2. The second-order valence-electron chi connectivity index (χ2n) is 12.1. The number of esters is 1. The molecular formula is C32H41N5O6. The molecule has 1 aromatic carbocycles. The number of hydrogen-bond donors (Lipinski definition) is 3. The van der Waals surface area contributed by atoms with E-state index in [4.69, 9.17) is 14.5 Å². The van der Waals surface area contributed by atoms with Crippen LogP contribution in [0.3, 0.4) is 0 Å². The average Bonchev–Trinajstić information content (AvgIpc) is 3.01. The number of rotatable bonds is 1. The van der Waals surface area contributed by atoms with Crippen LogP contribution >= 0.6 is 0 Å². The van der Waals surface area contributed by atoms with E-state index in [9.17, 15) is 19.2 Å². The molecule has 3 amide bonds. The number of carbonyl (C=O) groups is 4. The van der Waals surface area contributed by atoms with Gasteiger partial charge in [-0.15, -0.1) is 0 Å². The lowest BCUT2D eigenvalue weighted by molar-refractivity contribution is -0.157. The van der Waals surface area contributed by atoms with Crippen LogP contribution in [-0.2, 0) is 28.7 Å². The Hall–Kier alpha value is -3.83. The number of nitrogens with one attached hydrogen (secondary N) is 3. The number of pyridine rings is 1. The molecule has 11 nitrogen and oxygen atoms in total. The van der Waals surface area contributed by atoms with Gasteiger partial charge in [0.1, 0.15) is 24.2 Å². The van der Waals surface area contributed by atoms with Gasteiger partial charge in [0.2, 0.25) is 11.8 Å². The number of carbonyl (C=O) groups excluding carboxylic acids is 4. The molecule has 0 aliphatic carbocycles. The van der Waals surface area contributed by atoms with Crippen molar-refractivity contribution in [3.05, 3.63) is 47.7 Å². The van der Waals surface area contributed by atoms with Gasteiger partial charge in [-0.05, 0) is 63.1 Å². The molecule has 230 valence electrons. The summed E-state index contributed by atoms with van der Waals surface area (Å²) in [6.07, 6.45) is 5.24. The first-order chi connectivity index (χ1) is 20.6. The molecule has 0 radical (unpaired) electrons. The van der Waals surface area contributed by atoms with E-state index in [-0.39, 0.29) is 17.7 Å². The van der Waals surface area contributed by atoms with Crippen LogP contribution in [0.25, 0.3) is 17.0 Å². The third-order valence-corrected chi connectivity index (χ3v) is 8.58. The van der Waals surface area contributed by atoms with Crippen molar-refractivity contribution in [2.24, 2.45) is 11.3 Å². The maximum Gasteiger partial charge on any atom is 0.325 e. The van der Waals surface area contributed by atoms with Crippen molar-refractivity contribution in [3.8, 4) is 0 Å². The summed E-state index contributed by atoms with van der Waals surface area (Å²) in [5.74, 6) is -1.79. The monoisotopic (exact) mass is 591 g/mol. The van der Waals surface area contributed by atoms with Gasteiger partial charge in [-0.25, -0.2) is 10.4 Å². The minimum atomic E-state index is -0.889. The zero-order valence-corrected chi connectivity index (χ0v) is 25.2. The Labute approximate surface area is 251 Å². The quantitative estimate of drug-likeness (QED) is 0.431. The highest BCUT2D eigenvalue weighted by Crippen LogP contribution is 2.34. The number of fused-ring (bicyclic) bond motifs is 4. The second kappa shape index (κ2) is 12.8. The van der Waals surface area contributed by atoms with E-state index in [1.165, 1.54) is 5.01 Å². The van der Waals surface area contributed by atoms with Crippen molar-refractivity contribution in [2.45, 2.75) is 77.6 Å². The molecule has 1 aromatic heterocycles. The second-order valence-corrected chi connectivity index (χ2v) is 12.1. The number of amides is 3. The smallest absolute Gasteiger partial charge is 0.325 e. The van der Waals surface area contributed by atoms with Crippen molar-refractivity contribution in [3.63, 3.8) is 0 Å². The molecule has 1 spiro atoms. The van der Waals surface area contributed by atoms with Crippen molar-refractivity contribution in [1.82, 2.24) is 26.1 Å². The molecule has 5 bridgehead atoms. The van der Waals surface area contributed by atoms with Gasteiger partial charge in [-0.1, -0.05) is 44.2 Å². The van der Waals surface area contributed by atoms with E-state index in [0.717, 1.165) is 16.5 Å². The molecule has 5 rings (SSSR count). The third kappa shape index (κ3) is 6.73. The summed E-state index contributed by atoms with van der Waals surface area (Å²) in [5, 5.41) is 8.07. The molecule has 0 unspecified atom stereocenters. The first-order valence-corrected chi connectivity index (χ1v) is 15.1. The van der Waals surface area contributed by atoms with Gasteiger partial charge in [0.15, 0.2) is 0 Å². The van der Waals surface area contributed by atoms with Crippen LogP contribution in [0, 0.1) is 11.3 Å². The SMILES string of the molecule is CC(C)[C@@H]1NC(=O)C2(/C=C/c3ccc4ccc(nc4c3)[C@@H](C)OC(=O)[C@@H]3CCCN(N3)C(=O)[C@H](C)NC1=O)CCOCC2. The van der Waals surface area contributed by atoms with E-state index in [0.29, 0.717) is 51.1 Å².